The second kappa shape index (κ2) is 15.2. The van der Waals surface area contributed by atoms with Crippen molar-refractivity contribution in [3.05, 3.63) is 132 Å². The number of benzene rings is 3. The van der Waals surface area contributed by atoms with Crippen LogP contribution in [0.2, 0.25) is 0 Å². The van der Waals surface area contributed by atoms with Gasteiger partial charge in [0.25, 0.3) is 0 Å². The highest BCUT2D eigenvalue weighted by Gasteiger charge is 2.57. The topological polar surface area (TPSA) is 7.76 Å². The molecule has 3 aromatic carbocycles. The van der Waals surface area contributed by atoms with E-state index in [-0.39, 0.29) is 28.3 Å². The predicted octanol–water partition coefficient (Wildman–Crippen LogP) is 13.0. The maximum absolute atomic E-state index is 2.77. The van der Waals surface area contributed by atoms with E-state index in [1.807, 2.05) is 0 Å². The van der Waals surface area contributed by atoms with E-state index >= 15 is 0 Å². The lowest BCUT2D eigenvalue weighted by atomic mass is 9.64. The van der Waals surface area contributed by atoms with Crippen molar-refractivity contribution in [1.82, 2.24) is 0 Å². The first-order valence-corrected chi connectivity index (χ1v) is 21.2. The summed E-state index contributed by atoms with van der Waals surface area (Å²) in [5.41, 5.74) is 14.3. The van der Waals surface area contributed by atoms with Crippen molar-refractivity contribution in [2.45, 2.75) is 138 Å². The van der Waals surface area contributed by atoms with Crippen LogP contribution in [0.4, 0.5) is 0 Å². The minimum atomic E-state index is -0.0533. The molecular formula is C52H66N2+2. The van der Waals surface area contributed by atoms with Crippen molar-refractivity contribution in [3.63, 3.8) is 0 Å². The van der Waals surface area contributed by atoms with E-state index in [1.54, 1.807) is 0 Å². The van der Waals surface area contributed by atoms with E-state index < -0.39 is 0 Å². The Morgan fingerprint density at radius 3 is 2.07 bits per heavy atom. The molecular weight excluding hydrogens is 653 g/mol. The molecule has 54 heavy (non-hydrogen) atoms. The fourth-order valence-corrected chi connectivity index (χ4v) is 10.6. The molecule has 0 saturated heterocycles. The summed E-state index contributed by atoms with van der Waals surface area (Å²) >= 11 is 0. The van der Waals surface area contributed by atoms with E-state index in [2.05, 4.69) is 181 Å². The Morgan fingerprint density at radius 1 is 0.704 bits per heavy atom. The SMILES string of the molecule is CCCCC(C)CC(C)(C)Cc1ccc2[n+](c1)C(C1Cc3ccc(-c4ccccc4)cc3-c3ccc(CC(C)(C)C)c[n+]31)C(C)(CCC)c1ccccc1-2. The maximum atomic E-state index is 2.77. The molecule has 2 nitrogen and oxygen atoms in total. The van der Waals surface area contributed by atoms with Crippen molar-refractivity contribution in [1.29, 1.82) is 0 Å². The smallest absolute Gasteiger partial charge is 0.188 e. The zero-order valence-corrected chi connectivity index (χ0v) is 34.9. The molecule has 0 fully saturated rings. The normalized spacial score (nSPS) is 19.7. The van der Waals surface area contributed by atoms with Crippen LogP contribution >= 0.6 is 0 Å². The summed E-state index contributed by atoms with van der Waals surface area (Å²) in [5.74, 6) is 0.748. The van der Waals surface area contributed by atoms with Crippen LogP contribution in [0.15, 0.2) is 109 Å². The number of hydrogen-bond donors (Lipinski definition) is 0. The first kappa shape index (κ1) is 38.2. The van der Waals surface area contributed by atoms with Crippen LogP contribution < -0.4 is 9.13 Å². The van der Waals surface area contributed by atoms with E-state index in [0.717, 1.165) is 38.0 Å². The molecule has 2 heteroatoms. The minimum Gasteiger partial charge on any atom is -0.188 e. The van der Waals surface area contributed by atoms with Gasteiger partial charge in [0.15, 0.2) is 12.4 Å². The quantitative estimate of drug-likeness (QED) is 0.113. The van der Waals surface area contributed by atoms with Crippen LogP contribution in [0.25, 0.3) is 33.6 Å². The molecule has 4 unspecified atom stereocenters. The summed E-state index contributed by atoms with van der Waals surface area (Å²) in [4.78, 5) is 0. The van der Waals surface area contributed by atoms with E-state index in [1.165, 1.54) is 81.6 Å². The standard InChI is InChI=1S/C52H66N2/c1-10-12-18-37(3)32-51(7,8)34-39-24-27-46-43-21-16-17-22-45(43)52(9,29-11-2)49(54(46)36-39)48-31-42-26-25-41(40-19-14-13-15-20-40)30-44(42)47-28-23-38(35-53(47)48)33-50(4,5)6/h13-17,19-28,30,35-37,48-49H,10-12,18,29,31-34H2,1-9H3/q+2. The molecule has 2 aliphatic heterocycles. The lowest BCUT2D eigenvalue weighted by Crippen LogP contribution is -2.64. The second-order valence-corrected chi connectivity index (χ2v) is 19.4. The molecule has 0 radical (unpaired) electrons. The lowest BCUT2D eigenvalue weighted by Gasteiger charge is -2.42. The summed E-state index contributed by atoms with van der Waals surface area (Å²) in [6.45, 7) is 21.9. The van der Waals surface area contributed by atoms with Crippen molar-refractivity contribution < 1.29 is 9.13 Å². The molecule has 2 aliphatic rings. The largest absolute Gasteiger partial charge is 0.229 e. The van der Waals surface area contributed by atoms with Crippen molar-refractivity contribution in [2.75, 3.05) is 0 Å². The van der Waals surface area contributed by atoms with E-state index in [0.29, 0.717) is 0 Å². The molecule has 4 atom stereocenters. The fraction of sp³-hybridized carbons (Fsp3) is 0.462. The average molecular weight is 719 g/mol. The maximum Gasteiger partial charge on any atom is 0.229 e. The number of aromatic nitrogens is 2. The lowest BCUT2D eigenvalue weighted by molar-refractivity contribution is -0.816. The van der Waals surface area contributed by atoms with Crippen LogP contribution in [0.5, 0.6) is 0 Å². The molecule has 0 bridgehead atoms. The zero-order valence-electron chi connectivity index (χ0n) is 34.9. The molecule has 2 aromatic heterocycles. The number of nitrogens with zero attached hydrogens (tertiary/aromatic N) is 2. The van der Waals surface area contributed by atoms with Crippen LogP contribution in [0.3, 0.4) is 0 Å². The molecule has 0 saturated carbocycles. The summed E-state index contributed by atoms with van der Waals surface area (Å²) < 4.78 is 5.50. The van der Waals surface area contributed by atoms with Gasteiger partial charge >= 0.3 is 0 Å². The molecule has 0 N–H and O–H groups in total. The second-order valence-electron chi connectivity index (χ2n) is 19.4. The summed E-state index contributed by atoms with van der Waals surface area (Å²) in [6, 6.07) is 37.8. The van der Waals surface area contributed by atoms with E-state index in [9.17, 15) is 0 Å². The Hall–Kier alpha value is -4.04. The summed E-state index contributed by atoms with van der Waals surface area (Å²) in [7, 11) is 0. The molecule has 4 heterocycles. The fourth-order valence-electron chi connectivity index (χ4n) is 10.6. The van der Waals surface area contributed by atoms with Crippen LogP contribution in [-0.2, 0) is 24.7 Å². The monoisotopic (exact) mass is 719 g/mol. The first-order chi connectivity index (χ1) is 25.8. The Morgan fingerprint density at radius 2 is 1.37 bits per heavy atom. The third-order valence-corrected chi connectivity index (χ3v) is 12.6. The third kappa shape index (κ3) is 7.73. The van der Waals surface area contributed by atoms with Gasteiger partial charge < -0.3 is 0 Å². The summed E-state index contributed by atoms with van der Waals surface area (Å²) in [5, 5.41) is 0. The van der Waals surface area contributed by atoms with Gasteiger partial charge in [-0.1, -0.05) is 142 Å². The molecule has 5 aromatic rings. The Labute approximate surface area is 327 Å². The molecule has 7 rings (SSSR count). The average Bonchev–Trinajstić information content (AvgIpc) is 3.13. The molecule has 0 aliphatic carbocycles. The summed E-state index contributed by atoms with van der Waals surface area (Å²) in [6.07, 6.45) is 15.8. The first-order valence-electron chi connectivity index (χ1n) is 21.2. The van der Waals surface area contributed by atoms with Crippen LogP contribution in [0.1, 0.15) is 135 Å². The molecule has 0 amide bonds. The predicted molar refractivity (Wildman–Crippen MR) is 228 cm³/mol. The van der Waals surface area contributed by atoms with Crippen LogP contribution in [0, 0.1) is 16.7 Å². The zero-order chi connectivity index (χ0) is 38.3. The number of pyridine rings is 2. The Bertz CT molecular complexity index is 2080. The van der Waals surface area contributed by atoms with Crippen LogP contribution in [-0.4, -0.2) is 0 Å². The van der Waals surface area contributed by atoms with Gasteiger partial charge in [-0.2, -0.15) is 9.13 Å². The molecule has 0 spiro atoms. The number of fused-ring (bicyclic) bond motifs is 6. The van der Waals surface area contributed by atoms with Gasteiger partial charge in [-0.3, -0.25) is 0 Å². The highest BCUT2D eigenvalue weighted by molar-refractivity contribution is 5.73. The van der Waals surface area contributed by atoms with Gasteiger partial charge in [-0.25, -0.2) is 0 Å². The highest BCUT2D eigenvalue weighted by atomic mass is 15.1. The van der Waals surface area contributed by atoms with Gasteiger partial charge in [-0.15, -0.1) is 0 Å². The Kier molecular flexibility index (Phi) is 10.8. The minimum absolute atomic E-state index is 0.0533. The Balaban J connectivity index is 1.40. The van der Waals surface area contributed by atoms with Crippen molar-refractivity contribution >= 4 is 0 Å². The van der Waals surface area contributed by atoms with Gasteiger partial charge in [0.1, 0.15) is 0 Å². The number of rotatable bonds is 12. The van der Waals surface area contributed by atoms with Crippen molar-refractivity contribution in [2.24, 2.45) is 16.7 Å². The van der Waals surface area contributed by atoms with Gasteiger partial charge in [-0.05, 0) is 95.9 Å². The van der Waals surface area contributed by atoms with E-state index in [4.69, 9.17) is 0 Å². The van der Waals surface area contributed by atoms with Gasteiger partial charge in [0, 0.05) is 29.7 Å². The number of hydrogen-bond acceptors (Lipinski definition) is 0. The highest BCUT2D eigenvalue weighted by Crippen LogP contribution is 2.51. The third-order valence-electron chi connectivity index (χ3n) is 12.6. The van der Waals surface area contributed by atoms with Gasteiger partial charge in [0.05, 0.1) is 16.5 Å². The van der Waals surface area contributed by atoms with Crippen molar-refractivity contribution in [3.8, 4) is 33.6 Å². The number of unbranched alkanes of at least 4 members (excludes halogenated alkanes) is 1. The molecule has 282 valence electrons. The van der Waals surface area contributed by atoms with Gasteiger partial charge in [0.2, 0.25) is 23.5 Å².